The molecular weight excluding hydrogens is 404 g/mol. The number of aryl methyl sites for hydroxylation is 2. The summed E-state index contributed by atoms with van der Waals surface area (Å²) in [5, 5.41) is 2.66. The van der Waals surface area contributed by atoms with Gasteiger partial charge in [0.15, 0.2) is 5.78 Å². The van der Waals surface area contributed by atoms with Crippen LogP contribution in [0.1, 0.15) is 75.1 Å². The summed E-state index contributed by atoms with van der Waals surface area (Å²) in [6.07, 6.45) is 4.36. The fourth-order valence-corrected chi connectivity index (χ4v) is 3.55. The van der Waals surface area contributed by atoms with Crippen molar-refractivity contribution in [1.82, 2.24) is 9.88 Å². The van der Waals surface area contributed by atoms with E-state index in [0.717, 1.165) is 31.2 Å². The number of aldehydes is 1. The van der Waals surface area contributed by atoms with Crippen LogP contribution in [0.5, 0.6) is 0 Å². The number of alkyl carbamates (subject to hydrolysis) is 1. The molecule has 2 rings (SSSR count). The zero-order valence-electron chi connectivity index (χ0n) is 19.9. The summed E-state index contributed by atoms with van der Waals surface area (Å²) in [6.45, 7) is 6.99. The number of amides is 1. The quantitative estimate of drug-likeness (QED) is 0.302. The lowest BCUT2D eigenvalue weighted by molar-refractivity contribution is -0.113. The maximum absolute atomic E-state index is 12.7. The predicted molar refractivity (Wildman–Crippen MR) is 126 cm³/mol. The number of unbranched alkanes of at least 4 members (excludes halogenated alkanes) is 1. The smallest absolute Gasteiger partial charge is 0.408 e. The van der Waals surface area contributed by atoms with E-state index in [0.29, 0.717) is 25.0 Å². The SMILES string of the molecule is Cn1c(CC[C@](C)(C=O)NC(=O)OC(C)(C)C)ccc1C(=O)CCCCc1ccccc1. The van der Waals surface area contributed by atoms with Gasteiger partial charge in [-0.05, 0) is 77.5 Å². The average Bonchev–Trinajstić information content (AvgIpc) is 3.09. The summed E-state index contributed by atoms with van der Waals surface area (Å²) >= 11 is 0. The van der Waals surface area contributed by atoms with Gasteiger partial charge in [-0.3, -0.25) is 4.79 Å². The van der Waals surface area contributed by atoms with Crippen LogP contribution in [0.2, 0.25) is 0 Å². The molecule has 1 heterocycles. The van der Waals surface area contributed by atoms with Gasteiger partial charge in [0, 0.05) is 19.2 Å². The fraction of sp³-hybridized carbons (Fsp3) is 0.500. The summed E-state index contributed by atoms with van der Waals surface area (Å²) < 4.78 is 7.15. The van der Waals surface area contributed by atoms with Crippen LogP contribution in [0.25, 0.3) is 0 Å². The van der Waals surface area contributed by atoms with Crippen molar-refractivity contribution >= 4 is 18.2 Å². The monoisotopic (exact) mass is 440 g/mol. The summed E-state index contributed by atoms with van der Waals surface area (Å²) in [5.74, 6) is 0.122. The van der Waals surface area contributed by atoms with Crippen molar-refractivity contribution in [2.75, 3.05) is 0 Å². The van der Waals surface area contributed by atoms with Gasteiger partial charge in [-0.1, -0.05) is 30.3 Å². The second-order valence-corrected chi connectivity index (χ2v) is 9.55. The van der Waals surface area contributed by atoms with Crippen molar-refractivity contribution in [2.24, 2.45) is 7.05 Å². The Balaban J connectivity index is 1.87. The average molecular weight is 441 g/mol. The molecule has 0 radical (unpaired) electrons. The van der Waals surface area contributed by atoms with E-state index in [1.54, 1.807) is 27.7 Å². The number of carbonyl (C=O) groups excluding carboxylic acids is 3. The van der Waals surface area contributed by atoms with E-state index in [2.05, 4.69) is 17.4 Å². The minimum atomic E-state index is -1.05. The van der Waals surface area contributed by atoms with Crippen LogP contribution >= 0.6 is 0 Å². The largest absolute Gasteiger partial charge is 0.444 e. The fourth-order valence-electron chi connectivity index (χ4n) is 3.55. The number of Topliss-reactive ketones (excluding diaryl/α,β-unsaturated/α-hetero) is 1. The first-order valence-electron chi connectivity index (χ1n) is 11.2. The van der Waals surface area contributed by atoms with Crippen LogP contribution in [0.3, 0.4) is 0 Å². The molecule has 1 N–H and O–H groups in total. The van der Waals surface area contributed by atoms with Crippen molar-refractivity contribution < 1.29 is 19.1 Å². The number of hydrogen-bond donors (Lipinski definition) is 1. The van der Waals surface area contributed by atoms with E-state index in [4.69, 9.17) is 4.74 Å². The normalized spacial score (nSPS) is 13.3. The number of rotatable bonds is 11. The highest BCUT2D eigenvalue weighted by Gasteiger charge is 2.29. The highest BCUT2D eigenvalue weighted by atomic mass is 16.6. The minimum Gasteiger partial charge on any atom is -0.444 e. The third-order valence-electron chi connectivity index (χ3n) is 5.42. The lowest BCUT2D eigenvalue weighted by atomic mass is 9.97. The third-order valence-corrected chi connectivity index (χ3v) is 5.42. The van der Waals surface area contributed by atoms with Gasteiger partial charge in [0.2, 0.25) is 0 Å². The zero-order valence-corrected chi connectivity index (χ0v) is 19.9. The molecule has 1 atom stereocenters. The zero-order chi connectivity index (χ0) is 23.8. The number of aromatic nitrogens is 1. The number of carbonyl (C=O) groups is 3. The molecule has 1 aromatic heterocycles. The van der Waals surface area contributed by atoms with Gasteiger partial charge in [-0.2, -0.15) is 0 Å². The number of benzene rings is 1. The molecule has 0 saturated carbocycles. The number of ether oxygens (including phenoxy) is 1. The summed E-state index contributed by atoms with van der Waals surface area (Å²) in [5.41, 5.74) is 1.22. The Morgan fingerprint density at radius 1 is 1.00 bits per heavy atom. The molecule has 0 bridgehead atoms. The van der Waals surface area contributed by atoms with Crippen LogP contribution in [-0.4, -0.2) is 33.9 Å². The molecular formula is C26H36N2O4. The van der Waals surface area contributed by atoms with Crippen LogP contribution < -0.4 is 5.32 Å². The number of ketones is 1. The van der Waals surface area contributed by atoms with Crippen molar-refractivity contribution in [1.29, 1.82) is 0 Å². The van der Waals surface area contributed by atoms with Crippen LogP contribution in [-0.2, 0) is 29.4 Å². The van der Waals surface area contributed by atoms with Gasteiger partial charge in [0.05, 0.1) is 11.2 Å². The van der Waals surface area contributed by atoms with Gasteiger partial charge < -0.3 is 19.4 Å². The second kappa shape index (κ2) is 11.1. The molecule has 1 aromatic carbocycles. The molecule has 0 aliphatic heterocycles. The lowest BCUT2D eigenvalue weighted by Crippen LogP contribution is -2.49. The molecule has 0 saturated heterocycles. The van der Waals surface area contributed by atoms with E-state index in [1.165, 1.54) is 5.56 Å². The van der Waals surface area contributed by atoms with Gasteiger partial charge in [0.25, 0.3) is 0 Å². The Hall–Kier alpha value is -2.89. The van der Waals surface area contributed by atoms with Crippen LogP contribution in [0.15, 0.2) is 42.5 Å². The van der Waals surface area contributed by atoms with Crippen molar-refractivity contribution in [2.45, 2.75) is 77.4 Å². The minimum absolute atomic E-state index is 0.122. The highest BCUT2D eigenvalue weighted by molar-refractivity contribution is 5.94. The second-order valence-electron chi connectivity index (χ2n) is 9.55. The first-order valence-corrected chi connectivity index (χ1v) is 11.2. The van der Waals surface area contributed by atoms with Gasteiger partial charge in [-0.25, -0.2) is 4.79 Å². The molecule has 174 valence electrons. The summed E-state index contributed by atoms with van der Waals surface area (Å²) in [4.78, 5) is 36.4. The molecule has 6 heteroatoms. The lowest BCUT2D eigenvalue weighted by Gasteiger charge is -2.27. The first kappa shape index (κ1) is 25.4. The van der Waals surface area contributed by atoms with E-state index < -0.39 is 17.2 Å². The van der Waals surface area contributed by atoms with Gasteiger partial charge in [-0.15, -0.1) is 0 Å². The summed E-state index contributed by atoms with van der Waals surface area (Å²) in [7, 11) is 1.87. The molecule has 32 heavy (non-hydrogen) atoms. The Morgan fingerprint density at radius 3 is 2.31 bits per heavy atom. The number of nitrogens with zero attached hydrogens (tertiary/aromatic N) is 1. The first-order chi connectivity index (χ1) is 15.0. The molecule has 0 fully saturated rings. The van der Waals surface area contributed by atoms with Crippen molar-refractivity contribution in [3.63, 3.8) is 0 Å². The van der Waals surface area contributed by atoms with Crippen molar-refractivity contribution in [3.8, 4) is 0 Å². The maximum Gasteiger partial charge on any atom is 0.408 e. The standard InChI is InChI=1S/C26H36N2O4/c1-25(2,3)32-24(31)27-26(4,19-29)18-17-21-15-16-22(28(21)5)23(30)14-10-9-13-20-11-7-6-8-12-20/h6-8,11-12,15-16,19H,9-10,13-14,17-18H2,1-5H3,(H,27,31)/t26-/m1/s1. The van der Waals surface area contributed by atoms with E-state index in [-0.39, 0.29) is 5.78 Å². The number of nitrogens with one attached hydrogen (secondary N) is 1. The number of hydrogen-bond acceptors (Lipinski definition) is 4. The van der Waals surface area contributed by atoms with E-state index >= 15 is 0 Å². The van der Waals surface area contributed by atoms with E-state index in [9.17, 15) is 14.4 Å². The Morgan fingerprint density at radius 2 is 1.69 bits per heavy atom. The predicted octanol–water partition coefficient (Wildman–Crippen LogP) is 5.04. The Labute approximate surface area is 191 Å². The molecule has 0 aliphatic rings. The maximum atomic E-state index is 12.7. The van der Waals surface area contributed by atoms with Gasteiger partial charge in [0.1, 0.15) is 11.9 Å². The Kier molecular flexibility index (Phi) is 8.81. The topological polar surface area (TPSA) is 77.4 Å². The molecule has 6 nitrogen and oxygen atoms in total. The molecule has 0 unspecified atom stereocenters. The van der Waals surface area contributed by atoms with Crippen molar-refractivity contribution in [3.05, 3.63) is 59.4 Å². The molecule has 2 aromatic rings. The molecule has 1 amide bonds. The highest BCUT2D eigenvalue weighted by Crippen LogP contribution is 2.18. The molecule has 0 spiro atoms. The third kappa shape index (κ3) is 7.98. The molecule has 0 aliphatic carbocycles. The van der Waals surface area contributed by atoms with Crippen LogP contribution in [0, 0.1) is 0 Å². The summed E-state index contributed by atoms with van der Waals surface area (Å²) in [6, 6.07) is 14.0. The van der Waals surface area contributed by atoms with E-state index in [1.807, 2.05) is 41.9 Å². The Bertz CT molecular complexity index is 912. The van der Waals surface area contributed by atoms with Crippen LogP contribution in [0.4, 0.5) is 4.79 Å². The van der Waals surface area contributed by atoms with Gasteiger partial charge >= 0.3 is 6.09 Å².